The van der Waals surface area contributed by atoms with Gasteiger partial charge >= 0.3 is 0 Å². The Balaban J connectivity index is 2.69. The molecular weight excluding hydrogens is 216 g/mol. The lowest BCUT2D eigenvalue weighted by Gasteiger charge is -2.09. The predicted octanol–water partition coefficient (Wildman–Crippen LogP) is 3.63. The average molecular weight is 232 g/mol. The molecule has 84 valence electrons. The zero-order valence-electron chi connectivity index (χ0n) is 10.1. The smallest absolute Gasteiger partial charge is 0.180 e. The van der Waals surface area contributed by atoms with Gasteiger partial charge in [0.2, 0.25) is 0 Å². The van der Waals surface area contributed by atoms with E-state index in [2.05, 4.69) is 44.8 Å². The number of nitrogens with two attached hydrogens (primary N) is 1. The van der Waals surface area contributed by atoms with Crippen LogP contribution in [0.25, 0.3) is 11.3 Å². The van der Waals surface area contributed by atoms with E-state index in [4.69, 9.17) is 5.73 Å². The Labute approximate surface area is 100 Å². The summed E-state index contributed by atoms with van der Waals surface area (Å²) in [5, 5.41) is 0.645. The van der Waals surface area contributed by atoms with Crippen molar-refractivity contribution >= 4 is 16.5 Å². The molecule has 3 heteroatoms. The summed E-state index contributed by atoms with van der Waals surface area (Å²) < 4.78 is 0. The zero-order chi connectivity index (χ0) is 11.9. The first-order valence-corrected chi connectivity index (χ1v) is 6.12. The Kier molecular flexibility index (Phi) is 2.72. The summed E-state index contributed by atoms with van der Waals surface area (Å²) >= 11 is 1.55. The Morgan fingerprint density at radius 3 is 2.06 bits per heavy atom. The SMILES string of the molecule is Cc1cc(C)c(-c2nc(N)sc2C)c(C)c1. The average Bonchev–Trinajstić information content (AvgIpc) is 2.43. The number of anilines is 1. The molecule has 1 aromatic carbocycles. The minimum absolute atomic E-state index is 0.645. The van der Waals surface area contributed by atoms with Gasteiger partial charge < -0.3 is 5.73 Å². The van der Waals surface area contributed by atoms with Gasteiger partial charge in [-0.05, 0) is 38.8 Å². The van der Waals surface area contributed by atoms with Gasteiger partial charge in [0.05, 0.1) is 5.69 Å². The van der Waals surface area contributed by atoms with E-state index in [9.17, 15) is 0 Å². The Morgan fingerprint density at radius 1 is 1.06 bits per heavy atom. The van der Waals surface area contributed by atoms with Crippen LogP contribution < -0.4 is 5.73 Å². The molecule has 2 aromatic rings. The van der Waals surface area contributed by atoms with Crippen LogP contribution in [-0.4, -0.2) is 4.98 Å². The first kappa shape index (κ1) is 11.1. The fraction of sp³-hybridized carbons (Fsp3) is 0.308. The van der Waals surface area contributed by atoms with E-state index in [1.807, 2.05) is 0 Å². The maximum absolute atomic E-state index is 5.75. The maximum atomic E-state index is 5.75. The molecule has 0 bridgehead atoms. The number of nitrogens with zero attached hydrogens (tertiary/aromatic N) is 1. The second-order valence-electron chi connectivity index (χ2n) is 4.23. The Morgan fingerprint density at radius 2 is 1.62 bits per heavy atom. The molecule has 0 aliphatic carbocycles. The molecule has 0 unspecified atom stereocenters. The topological polar surface area (TPSA) is 38.9 Å². The summed E-state index contributed by atoms with van der Waals surface area (Å²) in [6, 6.07) is 4.38. The number of rotatable bonds is 1. The lowest BCUT2D eigenvalue weighted by molar-refractivity contribution is 1.28. The van der Waals surface area contributed by atoms with Gasteiger partial charge in [-0.25, -0.2) is 4.98 Å². The molecule has 2 rings (SSSR count). The highest BCUT2D eigenvalue weighted by molar-refractivity contribution is 7.15. The van der Waals surface area contributed by atoms with E-state index >= 15 is 0 Å². The minimum Gasteiger partial charge on any atom is -0.375 e. The maximum Gasteiger partial charge on any atom is 0.180 e. The minimum atomic E-state index is 0.645. The molecule has 1 aromatic heterocycles. The first-order valence-electron chi connectivity index (χ1n) is 5.30. The van der Waals surface area contributed by atoms with Crippen LogP contribution in [0, 0.1) is 27.7 Å². The molecule has 0 saturated carbocycles. The van der Waals surface area contributed by atoms with Gasteiger partial charge in [-0.15, -0.1) is 11.3 Å². The summed E-state index contributed by atoms with van der Waals surface area (Å²) in [4.78, 5) is 5.62. The van der Waals surface area contributed by atoms with Gasteiger partial charge in [-0.2, -0.15) is 0 Å². The number of aromatic nitrogens is 1. The van der Waals surface area contributed by atoms with Crippen LogP contribution in [0.5, 0.6) is 0 Å². The summed E-state index contributed by atoms with van der Waals surface area (Å²) in [6.07, 6.45) is 0. The number of hydrogen-bond donors (Lipinski definition) is 1. The van der Waals surface area contributed by atoms with E-state index in [1.165, 1.54) is 27.1 Å². The quantitative estimate of drug-likeness (QED) is 0.815. The van der Waals surface area contributed by atoms with Crippen molar-refractivity contribution in [2.75, 3.05) is 5.73 Å². The number of aryl methyl sites for hydroxylation is 4. The molecule has 0 fully saturated rings. The Bertz CT molecular complexity index is 518. The van der Waals surface area contributed by atoms with Crippen LogP contribution in [0.2, 0.25) is 0 Å². The van der Waals surface area contributed by atoms with Crippen LogP contribution in [0.4, 0.5) is 5.13 Å². The second kappa shape index (κ2) is 3.91. The van der Waals surface area contributed by atoms with Gasteiger partial charge in [-0.1, -0.05) is 17.7 Å². The van der Waals surface area contributed by atoms with Crippen LogP contribution in [0.15, 0.2) is 12.1 Å². The lowest BCUT2D eigenvalue weighted by atomic mass is 9.97. The lowest BCUT2D eigenvalue weighted by Crippen LogP contribution is -1.92. The van der Waals surface area contributed by atoms with E-state index in [0.29, 0.717) is 5.13 Å². The second-order valence-corrected chi connectivity index (χ2v) is 5.47. The van der Waals surface area contributed by atoms with Crippen molar-refractivity contribution in [1.82, 2.24) is 4.98 Å². The molecule has 0 amide bonds. The highest BCUT2D eigenvalue weighted by atomic mass is 32.1. The largest absolute Gasteiger partial charge is 0.375 e. The van der Waals surface area contributed by atoms with Crippen molar-refractivity contribution in [2.24, 2.45) is 0 Å². The molecule has 2 nitrogen and oxygen atoms in total. The molecule has 0 aliphatic rings. The monoisotopic (exact) mass is 232 g/mol. The fourth-order valence-electron chi connectivity index (χ4n) is 2.20. The number of thiazole rings is 1. The van der Waals surface area contributed by atoms with Gasteiger partial charge in [0.25, 0.3) is 0 Å². The van der Waals surface area contributed by atoms with Gasteiger partial charge in [-0.3, -0.25) is 0 Å². The third-order valence-electron chi connectivity index (χ3n) is 2.73. The fourth-order valence-corrected chi connectivity index (χ4v) is 2.90. The summed E-state index contributed by atoms with van der Waals surface area (Å²) in [5.74, 6) is 0. The number of hydrogen-bond acceptors (Lipinski definition) is 3. The van der Waals surface area contributed by atoms with E-state index in [1.54, 1.807) is 11.3 Å². The van der Waals surface area contributed by atoms with E-state index in [-0.39, 0.29) is 0 Å². The van der Waals surface area contributed by atoms with Gasteiger partial charge in [0.1, 0.15) is 0 Å². The zero-order valence-corrected chi connectivity index (χ0v) is 10.9. The molecular formula is C13H16N2S. The van der Waals surface area contributed by atoms with E-state index < -0.39 is 0 Å². The van der Waals surface area contributed by atoms with Crippen LogP contribution in [0.3, 0.4) is 0 Å². The summed E-state index contributed by atoms with van der Waals surface area (Å²) in [6.45, 7) is 8.45. The van der Waals surface area contributed by atoms with Crippen LogP contribution in [-0.2, 0) is 0 Å². The molecule has 0 radical (unpaired) electrons. The third kappa shape index (κ3) is 1.83. The molecule has 16 heavy (non-hydrogen) atoms. The van der Waals surface area contributed by atoms with Gasteiger partial charge in [0, 0.05) is 10.4 Å². The number of nitrogen functional groups attached to an aromatic ring is 1. The van der Waals surface area contributed by atoms with Crippen molar-refractivity contribution in [1.29, 1.82) is 0 Å². The van der Waals surface area contributed by atoms with E-state index in [0.717, 1.165) is 5.69 Å². The van der Waals surface area contributed by atoms with Crippen molar-refractivity contribution in [2.45, 2.75) is 27.7 Å². The summed E-state index contributed by atoms with van der Waals surface area (Å²) in [7, 11) is 0. The molecule has 1 heterocycles. The highest BCUT2D eigenvalue weighted by Gasteiger charge is 2.13. The first-order chi connectivity index (χ1) is 7.49. The molecule has 2 N–H and O–H groups in total. The summed E-state index contributed by atoms with van der Waals surface area (Å²) in [5.41, 5.74) is 11.9. The van der Waals surface area contributed by atoms with Crippen molar-refractivity contribution < 1.29 is 0 Å². The molecule has 0 saturated heterocycles. The van der Waals surface area contributed by atoms with Crippen molar-refractivity contribution in [3.63, 3.8) is 0 Å². The van der Waals surface area contributed by atoms with Crippen LogP contribution in [0.1, 0.15) is 21.6 Å². The van der Waals surface area contributed by atoms with Crippen molar-refractivity contribution in [3.8, 4) is 11.3 Å². The van der Waals surface area contributed by atoms with Gasteiger partial charge in [0.15, 0.2) is 5.13 Å². The molecule has 0 atom stereocenters. The molecule has 0 aliphatic heterocycles. The normalized spacial score (nSPS) is 10.8. The highest BCUT2D eigenvalue weighted by Crippen LogP contribution is 2.33. The predicted molar refractivity (Wildman–Crippen MR) is 70.9 cm³/mol. The van der Waals surface area contributed by atoms with Crippen molar-refractivity contribution in [3.05, 3.63) is 33.7 Å². The standard InChI is InChI=1S/C13H16N2S/c1-7-5-8(2)11(9(3)6-7)12-10(4)16-13(14)15-12/h5-6H,1-4H3,(H2,14,15). The molecule has 0 spiro atoms. The van der Waals surface area contributed by atoms with Crippen LogP contribution >= 0.6 is 11.3 Å². The third-order valence-corrected chi connectivity index (χ3v) is 3.53. The Hall–Kier alpha value is -1.35. The number of benzene rings is 1.